The van der Waals surface area contributed by atoms with Crippen molar-refractivity contribution in [2.24, 2.45) is 0 Å². The molecule has 3 rings (SSSR count). The highest BCUT2D eigenvalue weighted by Crippen LogP contribution is 2.17. The molecule has 0 unspecified atom stereocenters. The number of carbonyl (C=O) groups excluding carboxylic acids is 1. The molecule has 1 saturated heterocycles. The van der Waals surface area contributed by atoms with Crippen molar-refractivity contribution in [1.29, 1.82) is 5.26 Å². The predicted molar refractivity (Wildman–Crippen MR) is 96.7 cm³/mol. The van der Waals surface area contributed by atoms with Crippen molar-refractivity contribution < 1.29 is 9.32 Å². The number of carbonyl (C=O) groups is 1. The number of aromatic nitrogens is 2. The van der Waals surface area contributed by atoms with Gasteiger partial charge in [0, 0.05) is 38.2 Å². The molecule has 1 aliphatic rings. The van der Waals surface area contributed by atoms with Gasteiger partial charge in [-0.25, -0.2) is 4.98 Å². The van der Waals surface area contributed by atoms with E-state index in [2.05, 4.69) is 21.1 Å². The van der Waals surface area contributed by atoms with Gasteiger partial charge in [-0.2, -0.15) is 5.26 Å². The van der Waals surface area contributed by atoms with Crippen molar-refractivity contribution in [1.82, 2.24) is 15.0 Å². The zero-order chi connectivity index (χ0) is 18.5. The van der Waals surface area contributed by atoms with Crippen LogP contribution in [0.25, 0.3) is 0 Å². The lowest BCUT2D eigenvalue weighted by Gasteiger charge is -2.23. The Labute approximate surface area is 153 Å². The van der Waals surface area contributed by atoms with Crippen LogP contribution in [0, 0.1) is 25.2 Å². The number of anilines is 1. The largest absolute Gasteiger partial charge is 0.361 e. The smallest absolute Gasteiger partial charge is 0.222 e. The summed E-state index contributed by atoms with van der Waals surface area (Å²) in [6.45, 7) is 6.75. The number of amides is 1. The Morgan fingerprint density at radius 3 is 2.85 bits per heavy atom. The van der Waals surface area contributed by atoms with Crippen LogP contribution in [0.4, 0.5) is 5.82 Å². The molecule has 2 aromatic rings. The van der Waals surface area contributed by atoms with E-state index >= 15 is 0 Å². The summed E-state index contributed by atoms with van der Waals surface area (Å²) >= 11 is 0. The van der Waals surface area contributed by atoms with Crippen molar-refractivity contribution in [3.8, 4) is 6.07 Å². The standard InChI is InChI=1S/C19H23N5O2/c1-14-17(15(2)26-22-14)7-8-19(25)24-10-4-9-23(11-12-24)18-6-3-5-16(13-20)21-18/h3,5-6H,4,7-12H2,1-2H3. The molecule has 1 fully saturated rings. The maximum atomic E-state index is 12.6. The van der Waals surface area contributed by atoms with Crippen LogP contribution in [0.3, 0.4) is 0 Å². The molecule has 1 amide bonds. The SMILES string of the molecule is Cc1noc(C)c1CCC(=O)N1CCCN(c2cccc(C#N)n2)CC1. The van der Waals surface area contributed by atoms with E-state index in [1.807, 2.05) is 30.9 Å². The molecule has 7 heteroatoms. The first-order valence-corrected chi connectivity index (χ1v) is 8.90. The van der Waals surface area contributed by atoms with E-state index in [1.165, 1.54) is 0 Å². The molecule has 0 atom stereocenters. The quantitative estimate of drug-likeness (QED) is 0.838. The highest BCUT2D eigenvalue weighted by molar-refractivity contribution is 5.76. The van der Waals surface area contributed by atoms with E-state index in [4.69, 9.17) is 9.78 Å². The van der Waals surface area contributed by atoms with Gasteiger partial charge in [-0.3, -0.25) is 4.79 Å². The molecule has 0 N–H and O–H groups in total. The molecule has 0 aliphatic carbocycles. The van der Waals surface area contributed by atoms with Crippen LogP contribution in [-0.4, -0.2) is 47.1 Å². The fourth-order valence-corrected chi connectivity index (χ4v) is 3.31. The van der Waals surface area contributed by atoms with Gasteiger partial charge in [0.2, 0.25) is 5.91 Å². The van der Waals surface area contributed by atoms with Gasteiger partial charge >= 0.3 is 0 Å². The first-order chi connectivity index (χ1) is 12.6. The normalized spacial score (nSPS) is 14.8. The molecular formula is C19H23N5O2. The lowest BCUT2D eigenvalue weighted by atomic mass is 10.1. The van der Waals surface area contributed by atoms with Crippen LogP contribution >= 0.6 is 0 Å². The van der Waals surface area contributed by atoms with Gasteiger partial charge in [-0.05, 0) is 38.8 Å². The monoisotopic (exact) mass is 353 g/mol. The Morgan fingerprint density at radius 1 is 1.27 bits per heavy atom. The van der Waals surface area contributed by atoms with Crippen LogP contribution in [0.5, 0.6) is 0 Å². The molecule has 26 heavy (non-hydrogen) atoms. The molecule has 0 bridgehead atoms. The molecule has 0 spiro atoms. The summed E-state index contributed by atoms with van der Waals surface area (Å²) in [4.78, 5) is 21.0. The lowest BCUT2D eigenvalue weighted by Crippen LogP contribution is -2.35. The molecule has 136 valence electrons. The van der Waals surface area contributed by atoms with Crippen LogP contribution in [-0.2, 0) is 11.2 Å². The summed E-state index contributed by atoms with van der Waals surface area (Å²) in [6, 6.07) is 7.53. The predicted octanol–water partition coefficient (Wildman–Crippen LogP) is 2.23. The van der Waals surface area contributed by atoms with Gasteiger partial charge in [-0.1, -0.05) is 11.2 Å². The average molecular weight is 353 g/mol. The van der Waals surface area contributed by atoms with Crippen LogP contribution in [0.2, 0.25) is 0 Å². The van der Waals surface area contributed by atoms with E-state index in [1.54, 1.807) is 6.07 Å². The topological polar surface area (TPSA) is 86.3 Å². The second kappa shape index (κ2) is 8.00. The van der Waals surface area contributed by atoms with Crippen LogP contribution < -0.4 is 4.90 Å². The van der Waals surface area contributed by atoms with Crippen LogP contribution in [0.1, 0.15) is 35.6 Å². The van der Waals surface area contributed by atoms with Gasteiger partial charge in [0.1, 0.15) is 23.3 Å². The summed E-state index contributed by atoms with van der Waals surface area (Å²) in [5, 5.41) is 13.0. The summed E-state index contributed by atoms with van der Waals surface area (Å²) in [7, 11) is 0. The highest BCUT2D eigenvalue weighted by Gasteiger charge is 2.21. The van der Waals surface area contributed by atoms with Crippen molar-refractivity contribution in [3.63, 3.8) is 0 Å². The minimum atomic E-state index is 0.158. The van der Waals surface area contributed by atoms with Crippen molar-refractivity contribution in [2.75, 3.05) is 31.1 Å². The number of nitrogens with zero attached hydrogens (tertiary/aromatic N) is 5. The Hall–Kier alpha value is -2.88. The number of nitriles is 1. The summed E-state index contributed by atoms with van der Waals surface area (Å²) in [5.41, 5.74) is 2.31. The van der Waals surface area contributed by atoms with E-state index in [0.29, 0.717) is 25.1 Å². The lowest BCUT2D eigenvalue weighted by molar-refractivity contribution is -0.130. The van der Waals surface area contributed by atoms with E-state index < -0.39 is 0 Å². The number of rotatable bonds is 4. The van der Waals surface area contributed by atoms with Gasteiger partial charge in [-0.15, -0.1) is 0 Å². The molecule has 0 aromatic carbocycles. The third-order valence-corrected chi connectivity index (χ3v) is 4.79. The minimum absolute atomic E-state index is 0.158. The fraction of sp³-hybridized carbons (Fsp3) is 0.474. The number of aryl methyl sites for hydroxylation is 2. The Balaban J connectivity index is 1.58. The molecule has 1 aliphatic heterocycles. The number of hydrogen-bond acceptors (Lipinski definition) is 6. The average Bonchev–Trinajstić information content (AvgIpc) is 2.86. The second-order valence-electron chi connectivity index (χ2n) is 6.52. The maximum Gasteiger partial charge on any atom is 0.222 e. The Morgan fingerprint density at radius 2 is 2.12 bits per heavy atom. The molecule has 2 aromatic heterocycles. The first-order valence-electron chi connectivity index (χ1n) is 8.90. The van der Waals surface area contributed by atoms with E-state index in [0.717, 1.165) is 48.9 Å². The zero-order valence-corrected chi connectivity index (χ0v) is 15.2. The zero-order valence-electron chi connectivity index (χ0n) is 15.2. The fourth-order valence-electron chi connectivity index (χ4n) is 3.31. The van der Waals surface area contributed by atoms with E-state index in [-0.39, 0.29) is 5.91 Å². The Bertz CT molecular complexity index is 804. The van der Waals surface area contributed by atoms with Gasteiger partial charge in [0.15, 0.2) is 0 Å². The second-order valence-corrected chi connectivity index (χ2v) is 6.52. The van der Waals surface area contributed by atoms with Crippen LogP contribution in [0.15, 0.2) is 22.7 Å². The van der Waals surface area contributed by atoms with Crippen molar-refractivity contribution in [3.05, 3.63) is 40.9 Å². The molecule has 7 nitrogen and oxygen atoms in total. The maximum absolute atomic E-state index is 12.6. The van der Waals surface area contributed by atoms with Crippen molar-refractivity contribution >= 4 is 11.7 Å². The van der Waals surface area contributed by atoms with Gasteiger partial charge in [0.05, 0.1) is 5.69 Å². The molecule has 3 heterocycles. The highest BCUT2D eigenvalue weighted by atomic mass is 16.5. The molecular weight excluding hydrogens is 330 g/mol. The van der Waals surface area contributed by atoms with Crippen molar-refractivity contribution in [2.45, 2.75) is 33.1 Å². The third-order valence-electron chi connectivity index (χ3n) is 4.79. The summed E-state index contributed by atoms with van der Waals surface area (Å²) in [5.74, 6) is 1.75. The summed E-state index contributed by atoms with van der Waals surface area (Å²) in [6.07, 6.45) is 2.01. The first kappa shape index (κ1) is 17.9. The summed E-state index contributed by atoms with van der Waals surface area (Å²) < 4.78 is 5.16. The van der Waals surface area contributed by atoms with E-state index in [9.17, 15) is 4.79 Å². The number of hydrogen-bond donors (Lipinski definition) is 0. The third kappa shape index (κ3) is 4.02. The van der Waals surface area contributed by atoms with Gasteiger partial charge < -0.3 is 14.3 Å². The molecule has 0 saturated carbocycles. The minimum Gasteiger partial charge on any atom is -0.361 e. The number of pyridine rings is 1. The van der Waals surface area contributed by atoms with Gasteiger partial charge in [0.25, 0.3) is 0 Å². The Kier molecular flexibility index (Phi) is 5.52. The molecule has 0 radical (unpaired) electrons.